The van der Waals surface area contributed by atoms with Gasteiger partial charge in [-0.3, -0.25) is 0 Å². The third kappa shape index (κ3) is 2.80. The quantitative estimate of drug-likeness (QED) is 0.604. The molecule has 3 nitrogen and oxygen atoms in total. The molecule has 0 heterocycles. The second kappa shape index (κ2) is 3.96. The van der Waals surface area contributed by atoms with Crippen LogP contribution in [-0.4, -0.2) is 21.4 Å². The summed E-state index contributed by atoms with van der Waals surface area (Å²) in [6.07, 6.45) is 2.74. The molecule has 13 heavy (non-hydrogen) atoms. The Hall–Kier alpha value is -1.48. The summed E-state index contributed by atoms with van der Waals surface area (Å²) in [5, 5.41) is 27.1. The van der Waals surface area contributed by atoms with Crippen molar-refractivity contribution in [1.29, 1.82) is 0 Å². The van der Waals surface area contributed by atoms with Gasteiger partial charge >= 0.3 is 0 Å². The van der Waals surface area contributed by atoms with Gasteiger partial charge in [0, 0.05) is 0 Å². The minimum Gasteiger partial charge on any atom is -0.504 e. The Morgan fingerprint density at radius 3 is 2.46 bits per heavy atom. The Balaban J connectivity index is 2.85. The molecular weight excluding hydrogens is 168 g/mol. The van der Waals surface area contributed by atoms with Crippen molar-refractivity contribution in [1.82, 2.24) is 0 Å². The van der Waals surface area contributed by atoms with Crippen LogP contribution in [0.5, 0.6) is 11.5 Å². The normalized spacial score (nSPS) is 13.4. The molecule has 0 fully saturated rings. The molecule has 70 valence electrons. The fourth-order valence-corrected chi connectivity index (χ4v) is 0.895. The van der Waals surface area contributed by atoms with Crippen molar-refractivity contribution < 1.29 is 15.3 Å². The van der Waals surface area contributed by atoms with Gasteiger partial charge in [-0.05, 0) is 24.6 Å². The Labute approximate surface area is 76.6 Å². The van der Waals surface area contributed by atoms with Gasteiger partial charge in [0.1, 0.15) is 0 Å². The zero-order valence-electron chi connectivity index (χ0n) is 7.31. The second-order valence-corrected chi connectivity index (χ2v) is 2.85. The Kier molecular flexibility index (Phi) is 2.93. The van der Waals surface area contributed by atoms with Gasteiger partial charge in [-0.2, -0.15) is 0 Å². The van der Waals surface area contributed by atoms with E-state index >= 15 is 0 Å². The van der Waals surface area contributed by atoms with Gasteiger partial charge in [0.05, 0.1) is 6.10 Å². The molecule has 1 atom stereocenters. The predicted molar refractivity (Wildman–Crippen MR) is 50.5 cm³/mol. The zero-order valence-corrected chi connectivity index (χ0v) is 7.31. The number of aliphatic hydroxyl groups excluding tert-OH is 1. The molecule has 0 saturated heterocycles. The number of aliphatic hydroxyl groups is 1. The van der Waals surface area contributed by atoms with Crippen LogP contribution in [-0.2, 0) is 0 Å². The number of phenolic OH excluding ortho intramolecular Hbond substituents is 2. The van der Waals surface area contributed by atoms with Crippen LogP contribution in [0.25, 0.3) is 6.08 Å². The molecule has 0 aromatic heterocycles. The predicted octanol–water partition coefficient (Wildman–Crippen LogP) is 1.49. The zero-order chi connectivity index (χ0) is 9.84. The maximum Gasteiger partial charge on any atom is 0.157 e. The first kappa shape index (κ1) is 9.61. The fourth-order valence-electron chi connectivity index (χ4n) is 0.895. The highest BCUT2D eigenvalue weighted by Gasteiger charge is 1.97. The molecule has 0 aliphatic rings. The minimum atomic E-state index is -0.518. The Morgan fingerprint density at radius 1 is 1.23 bits per heavy atom. The average Bonchev–Trinajstić information content (AvgIpc) is 2.07. The number of hydrogen-bond acceptors (Lipinski definition) is 3. The number of aromatic hydroxyl groups is 2. The van der Waals surface area contributed by atoms with E-state index in [0.717, 1.165) is 5.56 Å². The number of phenols is 2. The van der Waals surface area contributed by atoms with Crippen molar-refractivity contribution in [3.05, 3.63) is 29.8 Å². The van der Waals surface area contributed by atoms with E-state index < -0.39 is 6.10 Å². The van der Waals surface area contributed by atoms with Crippen molar-refractivity contribution in [3.8, 4) is 11.5 Å². The highest BCUT2D eigenvalue weighted by Crippen LogP contribution is 2.25. The molecule has 3 N–H and O–H groups in total. The summed E-state index contributed by atoms with van der Waals surface area (Å²) in [6.45, 7) is 1.64. The van der Waals surface area contributed by atoms with Crippen LogP contribution in [0.3, 0.4) is 0 Å². The van der Waals surface area contributed by atoms with Crippen LogP contribution in [0.15, 0.2) is 24.3 Å². The Bertz CT molecular complexity index is 316. The standard InChI is InChI=1S/C10H12O3/c1-7(11)2-3-8-4-5-9(12)10(13)6-8/h2-7,11-13H,1H3/b3-2+. The fraction of sp³-hybridized carbons (Fsp3) is 0.200. The highest BCUT2D eigenvalue weighted by molar-refractivity contribution is 5.55. The lowest BCUT2D eigenvalue weighted by Crippen LogP contribution is -1.91. The van der Waals surface area contributed by atoms with Crippen LogP contribution in [0.4, 0.5) is 0 Å². The van der Waals surface area contributed by atoms with E-state index in [9.17, 15) is 0 Å². The van der Waals surface area contributed by atoms with Crippen molar-refractivity contribution in [2.45, 2.75) is 13.0 Å². The van der Waals surface area contributed by atoms with Gasteiger partial charge in [-0.25, -0.2) is 0 Å². The van der Waals surface area contributed by atoms with Gasteiger partial charge < -0.3 is 15.3 Å². The molecule has 0 aliphatic carbocycles. The molecule has 0 spiro atoms. The second-order valence-electron chi connectivity index (χ2n) is 2.85. The first-order valence-corrected chi connectivity index (χ1v) is 3.98. The third-order valence-corrected chi connectivity index (χ3v) is 1.57. The summed E-state index contributed by atoms with van der Waals surface area (Å²) < 4.78 is 0. The van der Waals surface area contributed by atoms with Crippen LogP contribution in [0.2, 0.25) is 0 Å². The molecule has 1 rings (SSSR count). The molecule has 0 bridgehead atoms. The molecular formula is C10H12O3. The van der Waals surface area contributed by atoms with Gasteiger partial charge in [-0.15, -0.1) is 0 Å². The summed E-state index contributed by atoms with van der Waals surface area (Å²) in [5.41, 5.74) is 0.733. The largest absolute Gasteiger partial charge is 0.504 e. The molecule has 0 radical (unpaired) electrons. The summed E-state index contributed by atoms with van der Waals surface area (Å²) >= 11 is 0. The van der Waals surface area contributed by atoms with E-state index in [0.29, 0.717) is 0 Å². The molecule has 1 aromatic carbocycles. The van der Waals surface area contributed by atoms with Crippen molar-refractivity contribution >= 4 is 6.08 Å². The average molecular weight is 180 g/mol. The summed E-state index contributed by atoms with van der Waals surface area (Å²) in [5.74, 6) is -0.304. The first-order chi connectivity index (χ1) is 6.09. The molecule has 1 unspecified atom stereocenters. The number of rotatable bonds is 2. The van der Waals surface area contributed by atoms with E-state index in [1.165, 1.54) is 12.1 Å². The third-order valence-electron chi connectivity index (χ3n) is 1.57. The van der Waals surface area contributed by atoms with Gasteiger partial charge in [0.25, 0.3) is 0 Å². The van der Waals surface area contributed by atoms with E-state index in [1.807, 2.05) is 0 Å². The lowest BCUT2D eigenvalue weighted by atomic mass is 10.2. The monoisotopic (exact) mass is 180 g/mol. The minimum absolute atomic E-state index is 0.144. The summed E-state index contributed by atoms with van der Waals surface area (Å²) in [4.78, 5) is 0. The van der Waals surface area contributed by atoms with Crippen LogP contribution < -0.4 is 0 Å². The SMILES string of the molecule is CC(O)/C=C/c1ccc(O)c(O)c1. The summed E-state index contributed by atoms with van der Waals surface area (Å²) in [6, 6.07) is 4.47. The maximum atomic E-state index is 9.12. The maximum absolute atomic E-state index is 9.12. The van der Waals surface area contributed by atoms with Crippen LogP contribution in [0, 0.1) is 0 Å². The smallest absolute Gasteiger partial charge is 0.157 e. The first-order valence-electron chi connectivity index (χ1n) is 3.98. The molecule has 0 amide bonds. The van der Waals surface area contributed by atoms with E-state index in [-0.39, 0.29) is 11.5 Å². The summed E-state index contributed by atoms with van der Waals surface area (Å²) in [7, 11) is 0. The van der Waals surface area contributed by atoms with Gasteiger partial charge in [0.15, 0.2) is 11.5 Å². The van der Waals surface area contributed by atoms with Gasteiger partial charge in [0.2, 0.25) is 0 Å². The van der Waals surface area contributed by atoms with E-state index in [4.69, 9.17) is 15.3 Å². The molecule has 3 heteroatoms. The van der Waals surface area contributed by atoms with E-state index in [1.54, 1.807) is 25.1 Å². The lowest BCUT2D eigenvalue weighted by molar-refractivity contribution is 0.245. The lowest BCUT2D eigenvalue weighted by Gasteiger charge is -1.99. The van der Waals surface area contributed by atoms with E-state index in [2.05, 4.69) is 0 Å². The highest BCUT2D eigenvalue weighted by atomic mass is 16.3. The van der Waals surface area contributed by atoms with Gasteiger partial charge in [-0.1, -0.05) is 18.2 Å². The van der Waals surface area contributed by atoms with Crippen molar-refractivity contribution in [2.75, 3.05) is 0 Å². The number of hydrogen-bond donors (Lipinski definition) is 3. The number of benzene rings is 1. The molecule has 1 aromatic rings. The van der Waals surface area contributed by atoms with Crippen molar-refractivity contribution in [3.63, 3.8) is 0 Å². The van der Waals surface area contributed by atoms with Crippen molar-refractivity contribution in [2.24, 2.45) is 0 Å². The topological polar surface area (TPSA) is 60.7 Å². The molecule has 0 aliphatic heterocycles. The van der Waals surface area contributed by atoms with Crippen LogP contribution in [0.1, 0.15) is 12.5 Å². The van der Waals surface area contributed by atoms with Crippen LogP contribution >= 0.6 is 0 Å². The Morgan fingerprint density at radius 2 is 1.92 bits per heavy atom. The molecule has 0 saturated carbocycles.